The van der Waals surface area contributed by atoms with Crippen LogP contribution in [0.1, 0.15) is 5.82 Å². The number of carbonyl (C=O) groups is 1. The van der Waals surface area contributed by atoms with Gasteiger partial charge in [0, 0.05) is 18.8 Å². The smallest absolute Gasteiger partial charge is 0.260 e. The van der Waals surface area contributed by atoms with Crippen LogP contribution in [0.3, 0.4) is 0 Å². The van der Waals surface area contributed by atoms with Gasteiger partial charge in [-0.05, 0) is 7.05 Å². The molecule has 0 aromatic carbocycles. The van der Waals surface area contributed by atoms with E-state index in [9.17, 15) is 13.6 Å². The Morgan fingerprint density at radius 3 is 3.00 bits per heavy atom. The first-order chi connectivity index (χ1) is 10.1. The van der Waals surface area contributed by atoms with Crippen LogP contribution in [0.2, 0.25) is 0 Å². The molecule has 2 aliphatic rings. The zero-order valence-corrected chi connectivity index (χ0v) is 11.3. The van der Waals surface area contributed by atoms with Crippen LogP contribution < -0.4 is 4.90 Å². The van der Waals surface area contributed by atoms with Crippen molar-refractivity contribution in [3.8, 4) is 0 Å². The molecule has 1 amide bonds. The summed E-state index contributed by atoms with van der Waals surface area (Å²) < 4.78 is 33.1. The van der Waals surface area contributed by atoms with Gasteiger partial charge in [-0.15, -0.1) is 0 Å². The molecular formula is C13H14F2N4O2. The maximum atomic E-state index is 13.2. The Balaban J connectivity index is 1.97. The van der Waals surface area contributed by atoms with Crippen molar-refractivity contribution in [1.82, 2.24) is 14.5 Å². The summed E-state index contributed by atoms with van der Waals surface area (Å²) in [5.41, 5.74) is 0. The Morgan fingerprint density at radius 2 is 2.24 bits per heavy atom. The highest BCUT2D eigenvalue weighted by Crippen LogP contribution is 2.25. The first-order valence-electron chi connectivity index (χ1n) is 6.42. The van der Waals surface area contributed by atoms with E-state index in [2.05, 4.69) is 4.98 Å². The predicted molar refractivity (Wildman–Crippen MR) is 72.5 cm³/mol. The largest absolute Gasteiger partial charge is 0.471 e. The molecule has 0 saturated carbocycles. The number of nitrogens with zero attached hydrogens (tertiary/aromatic N) is 4. The third-order valence-electron chi connectivity index (χ3n) is 3.39. The minimum Gasteiger partial charge on any atom is -0.471 e. The number of anilines is 1. The average molecular weight is 296 g/mol. The van der Waals surface area contributed by atoms with Crippen molar-refractivity contribution >= 4 is 24.0 Å². The number of carbonyl (C=O) groups excluding carboxylic acids is 1. The number of piperazine rings is 1. The summed E-state index contributed by atoms with van der Waals surface area (Å²) in [5, 5.41) is 0. The van der Waals surface area contributed by atoms with E-state index in [0.717, 1.165) is 4.90 Å². The lowest BCUT2D eigenvalue weighted by Gasteiger charge is -2.37. The van der Waals surface area contributed by atoms with Crippen LogP contribution in [0, 0.1) is 0 Å². The molecular weight excluding hydrogens is 282 g/mol. The van der Waals surface area contributed by atoms with Crippen molar-refractivity contribution in [1.29, 1.82) is 0 Å². The Hall–Kier alpha value is -2.22. The zero-order valence-electron chi connectivity index (χ0n) is 11.3. The molecule has 112 valence electrons. The minimum absolute atomic E-state index is 0.0974. The molecule has 3 rings (SSSR count). The van der Waals surface area contributed by atoms with Gasteiger partial charge in [-0.25, -0.2) is 13.8 Å². The predicted octanol–water partition coefficient (Wildman–Crippen LogP) is 1.22. The summed E-state index contributed by atoms with van der Waals surface area (Å²) in [6, 6.07) is -1.19. The number of aromatic nitrogens is 2. The average Bonchev–Trinajstić information content (AvgIpc) is 2.68. The second-order valence-corrected chi connectivity index (χ2v) is 4.95. The maximum Gasteiger partial charge on any atom is 0.260 e. The van der Waals surface area contributed by atoms with Crippen LogP contribution in [0.5, 0.6) is 0 Å². The van der Waals surface area contributed by atoms with Gasteiger partial charge in [-0.2, -0.15) is 0 Å². The fraction of sp³-hybridized carbons (Fsp3) is 0.385. The highest BCUT2D eigenvalue weighted by Gasteiger charge is 2.39. The molecule has 0 radical (unpaired) electrons. The Kier molecular flexibility index (Phi) is 3.46. The number of fused-ring (bicyclic) bond motifs is 1. The van der Waals surface area contributed by atoms with Crippen molar-refractivity contribution in [3.05, 3.63) is 24.5 Å². The van der Waals surface area contributed by atoms with E-state index in [1.54, 1.807) is 35.0 Å². The van der Waals surface area contributed by atoms with Crippen molar-refractivity contribution in [2.75, 3.05) is 25.0 Å². The van der Waals surface area contributed by atoms with Crippen molar-refractivity contribution in [2.45, 2.75) is 12.5 Å². The van der Waals surface area contributed by atoms with Crippen LogP contribution in [-0.2, 0) is 9.53 Å². The summed E-state index contributed by atoms with van der Waals surface area (Å²) in [5.74, 6) is 0.356. The Bertz CT molecular complexity index is 582. The van der Waals surface area contributed by atoms with E-state index >= 15 is 0 Å². The fourth-order valence-corrected chi connectivity index (χ4v) is 2.45. The molecule has 3 heterocycles. The molecule has 0 bridgehead atoms. The number of ether oxygens (including phenoxy) is 1. The molecule has 2 aliphatic heterocycles. The van der Waals surface area contributed by atoms with Gasteiger partial charge in [-0.3, -0.25) is 14.6 Å². The fourth-order valence-electron chi connectivity index (χ4n) is 2.45. The summed E-state index contributed by atoms with van der Waals surface area (Å²) in [4.78, 5) is 19.1. The SMILES string of the molecule is CN1CC(=O)N(c2cn3c(n2)C=COC=C3)C(C(F)F)C1. The molecule has 1 saturated heterocycles. The van der Waals surface area contributed by atoms with Gasteiger partial charge in [0.2, 0.25) is 5.91 Å². The molecule has 0 N–H and O–H groups in total. The van der Waals surface area contributed by atoms with E-state index in [-0.39, 0.29) is 24.8 Å². The zero-order chi connectivity index (χ0) is 15.0. The topological polar surface area (TPSA) is 50.6 Å². The number of hydrogen-bond donors (Lipinski definition) is 0. The quantitative estimate of drug-likeness (QED) is 0.823. The second kappa shape index (κ2) is 5.28. The van der Waals surface area contributed by atoms with Crippen LogP contribution in [0.15, 0.2) is 18.7 Å². The van der Waals surface area contributed by atoms with Gasteiger partial charge in [0.05, 0.1) is 19.0 Å². The Morgan fingerprint density at radius 1 is 1.43 bits per heavy atom. The first kappa shape index (κ1) is 13.7. The van der Waals surface area contributed by atoms with Crippen LogP contribution in [0.25, 0.3) is 12.3 Å². The molecule has 1 atom stereocenters. The molecule has 1 fully saturated rings. The number of amides is 1. The van der Waals surface area contributed by atoms with Gasteiger partial charge in [0.1, 0.15) is 18.1 Å². The van der Waals surface area contributed by atoms with Crippen molar-refractivity contribution in [3.63, 3.8) is 0 Å². The molecule has 1 unspecified atom stereocenters. The summed E-state index contributed by atoms with van der Waals surface area (Å²) >= 11 is 0. The van der Waals surface area contributed by atoms with E-state index in [0.29, 0.717) is 5.82 Å². The van der Waals surface area contributed by atoms with Gasteiger partial charge >= 0.3 is 0 Å². The van der Waals surface area contributed by atoms with Crippen LogP contribution in [0.4, 0.5) is 14.6 Å². The molecule has 0 spiro atoms. The lowest BCUT2D eigenvalue weighted by molar-refractivity contribution is -0.123. The van der Waals surface area contributed by atoms with Crippen LogP contribution in [-0.4, -0.2) is 53.0 Å². The Labute approximate surface area is 119 Å². The van der Waals surface area contributed by atoms with E-state index in [1.807, 2.05) is 0 Å². The number of likely N-dealkylation sites (N-methyl/N-ethyl adjacent to an activating group) is 1. The first-order valence-corrected chi connectivity index (χ1v) is 6.42. The maximum absolute atomic E-state index is 13.2. The third kappa shape index (κ3) is 2.54. The summed E-state index contributed by atoms with van der Waals surface area (Å²) in [6.07, 6.45) is 4.99. The number of imidazole rings is 1. The van der Waals surface area contributed by atoms with E-state index in [1.165, 1.54) is 12.5 Å². The van der Waals surface area contributed by atoms with E-state index < -0.39 is 12.5 Å². The van der Waals surface area contributed by atoms with Gasteiger partial charge in [-0.1, -0.05) is 0 Å². The molecule has 1 aromatic heterocycles. The van der Waals surface area contributed by atoms with Gasteiger partial charge in [0.15, 0.2) is 5.82 Å². The lowest BCUT2D eigenvalue weighted by Crippen LogP contribution is -2.58. The monoisotopic (exact) mass is 296 g/mol. The van der Waals surface area contributed by atoms with E-state index in [4.69, 9.17) is 4.74 Å². The van der Waals surface area contributed by atoms with Crippen molar-refractivity contribution < 1.29 is 18.3 Å². The molecule has 21 heavy (non-hydrogen) atoms. The second-order valence-electron chi connectivity index (χ2n) is 4.95. The van der Waals surface area contributed by atoms with Gasteiger partial charge in [0.25, 0.3) is 6.43 Å². The highest BCUT2D eigenvalue weighted by atomic mass is 19.3. The lowest BCUT2D eigenvalue weighted by atomic mass is 10.1. The third-order valence-corrected chi connectivity index (χ3v) is 3.39. The number of rotatable bonds is 2. The molecule has 6 nitrogen and oxygen atoms in total. The number of alkyl halides is 2. The minimum atomic E-state index is -2.63. The molecule has 8 heteroatoms. The van der Waals surface area contributed by atoms with Gasteiger partial charge < -0.3 is 9.30 Å². The standard InChI is InChI=1S/C13H14F2N4O2/c1-17-6-9(13(14)15)19(12(20)8-17)11-7-18-3-5-21-4-2-10(18)16-11/h2-5,7,9,13H,6,8H2,1H3. The number of halogens is 2. The molecule has 0 aliphatic carbocycles. The normalized spacial score (nSPS) is 22.4. The summed E-state index contributed by atoms with van der Waals surface area (Å²) in [6.45, 7) is 0.209. The van der Waals surface area contributed by atoms with Crippen molar-refractivity contribution in [2.24, 2.45) is 0 Å². The molecule has 1 aromatic rings. The summed E-state index contributed by atoms with van der Waals surface area (Å²) in [7, 11) is 1.65. The number of hydrogen-bond acceptors (Lipinski definition) is 4. The van der Waals surface area contributed by atoms with Crippen LogP contribution >= 0.6 is 0 Å². The highest BCUT2D eigenvalue weighted by molar-refractivity contribution is 5.95.